The highest BCUT2D eigenvalue weighted by Gasteiger charge is 2.11. The molecule has 0 amide bonds. The number of benzene rings is 3. The molecule has 0 spiro atoms. The lowest BCUT2D eigenvalue weighted by Gasteiger charge is -2.16. The third-order valence-electron chi connectivity index (χ3n) is 5.32. The van der Waals surface area contributed by atoms with Crippen molar-refractivity contribution in [3.05, 3.63) is 108 Å². The van der Waals surface area contributed by atoms with Gasteiger partial charge in [0.25, 0.3) is 0 Å². The van der Waals surface area contributed by atoms with Crippen molar-refractivity contribution in [1.82, 2.24) is 9.97 Å². The molecule has 35 heavy (non-hydrogen) atoms. The SMILES string of the molecule is Cc1ccc2c(Nc3cc(OCc4cccc(F)c4)ccc3Sc3ccc(O)cc3)ccnc2n1. The summed E-state index contributed by atoms with van der Waals surface area (Å²) in [5.41, 5.74) is 4.04. The van der Waals surface area contributed by atoms with Crippen molar-refractivity contribution in [1.29, 1.82) is 0 Å². The molecular formula is C28H22FN3O2S. The standard InChI is InChI=1S/C28H22FN3O2S/c1-18-5-11-24-25(13-14-30-28(24)31-18)32-26-16-22(34-17-19-3-2-4-20(29)15-19)8-12-27(26)35-23-9-6-21(33)7-10-23/h2-16,33H,17H2,1H3,(H,30,31,32). The van der Waals surface area contributed by atoms with Crippen LogP contribution in [-0.2, 0) is 6.61 Å². The fourth-order valence-corrected chi connectivity index (χ4v) is 4.48. The van der Waals surface area contributed by atoms with Crippen LogP contribution in [-0.4, -0.2) is 15.1 Å². The van der Waals surface area contributed by atoms with Gasteiger partial charge in [0.15, 0.2) is 5.65 Å². The Hall–Kier alpha value is -4.10. The van der Waals surface area contributed by atoms with Crippen LogP contribution in [0.3, 0.4) is 0 Å². The molecule has 5 aromatic rings. The van der Waals surface area contributed by atoms with Crippen LogP contribution in [0.4, 0.5) is 15.8 Å². The van der Waals surface area contributed by atoms with Crippen LogP contribution in [0.5, 0.6) is 11.5 Å². The van der Waals surface area contributed by atoms with Crippen LogP contribution < -0.4 is 10.1 Å². The number of aryl methyl sites for hydroxylation is 1. The first-order valence-corrected chi connectivity index (χ1v) is 11.8. The van der Waals surface area contributed by atoms with Gasteiger partial charge in [-0.15, -0.1) is 0 Å². The Morgan fingerprint density at radius 3 is 2.63 bits per heavy atom. The van der Waals surface area contributed by atoms with Gasteiger partial charge < -0.3 is 15.2 Å². The number of phenols is 1. The normalized spacial score (nSPS) is 10.9. The van der Waals surface area contributed by atoms with Gasteiger partial charge in [-0.2, -0.15) is 0 Å². The quantitative estimate of drug-likeness (QED) is 0.254. The van der Waals surface area contributed by atoms with Gasteiger partial charge >= 0.3 is 0 Å². The molecule has 0 saturated heterocycles. The van der Waals surface area contributed by atoms with Gasteiger partial charge in [0.1, 0.15) is 23.9 Å². The molecule has 0 fully saturated rings. The van der Waals surface area contributed by atoms with E-state index in [2.05, 4.69) is 15.3 Å². The molecule has 174 valence electrons. The lowest BCUT2D eigenvalue weighted by molar-refractivity contribution is 0.305. The zero-order valence-corrected chi connectivity index (χ0v) is 19.7. The van der Waals surface area contributed by atoms with Gasteiger partial charge in [-0.3, -0.25) is 0 Å². The van der Waals surface area contributed by atoms with E-state index in [9.17, 15) is 9.50 Å². The Bertz CT molecular complexity index is 1490. The van der Waals surface area contributed by atoms with Crippen molar-refractivity contribution in [3.8, 4) is 11.5 Å². The predicted molar refractivity (Wildman–Crippen MR) is 137 cm³/mol. The average molecular weight is 484 g/mol. The second-order valence-electron chi connectivity index (χ2n) is 7.98. The van der Waals surface area contributed by atoms with E-state index < -0.39 is 0 Å². The molecule has 2 N–H and O–H groups in total. The Kier molecular flexibility index (Phi) is 6.50. The Balaban J connectivity index is 1.48. The van der Waals surface area contributed by atoms with Crippen LogP contribution in [0, 0.1) is 12.7 Å². The maximum Gasteiger partial charge on any atom is 0.161 e. The number of fused-ring (bicyclic) bond motifs is 1. The highest BCUT2D eigenvalue weighted by Crippen LogP contribution is 2.38. The molecule has 0 aliphatic carbocycles. The van der Waals surface area contributed by atoms with Gasteiger partial charge in [-0.25, -0.2) is 14.4 Å². The Labute approximate surface area is 206 Å². The average Bonchev–Trinajstić information content (AvgIpc) is 2.85. The first-order valence-electron chi connectivity index (χ1n) is 11.0. The van der Waals surface area contributed by atoms with Crippen molar-refractivity contribution >= 4 is 34.2 Å². The van der Waals surface area contributed by atoms with E-state index in [1.807, 2.05) is 61.5 Å². The summed E-state index contributed by atoms with van der Waals surface area (Å²) >= 11 is 1.57. The number of halogens is 1. The number of phenolic OH excluding ortho intramolecular Hbond substituents is 1. The highest BCUT2D eigenvalue weighted by molar-refractivity contribution is 7.99. The minimum Gasteiger partial charge on any atom is -0.508 e. The number of rotatable bonds is 7. The molecule has 0 aliphatic rings. The van der Waals surface area contributed by atoms with Crippen LogP contribution >= 0.6 is 11.8 Å². The Morgan fingerprint density at radius 2 is 1.80 bits per heavy atom. The third-order valence-corrected chi connectivity index (χ3v) is 6.41. The molecule has 0 bridgehead atoms. The van der Waals surface area contributed by atoms with Crippen LogP contribution in [0.2, 0.25) is 0 Å². The molecule has 0 atom stereocenters. The molecule has 5 nitrogen and oxygen atoms in total. The summed E-state index contributed by atoms with van der Waals surface area (Å²) in [7, 11) is 0. The van der Waals surface area contributed by atoms with Gasteiger partial charge in [0.05, 0.1) is 11.4 Å². The summed E-state index contributed by atoms with van der Waals surface area (Å²) in [5, 5.41) is 14.1. The maximum atomic E-state index is 13.5. The molecule has 3 aromatic carbocycles. The molecule has 2 aromatic heterocycles. The number of hydrogen-bond donors (Lipinski definition) is 2. The van der Waals surface area contributed by atoms with Crippen LogP contribution in [0.1, 0.15) is 11.3 Å². The van der Waals surface area contributed by atoms with E-state index >= 15 is 0 Å². The molecular weight excluding hydrogens is 461 g/mol. The summed E-state index contributed by atoms with van der Waals surface area (Å²) in [6.45, 7) is 2.19. The first kappa shape index (κ1) is 22.7. The molecule has 5 rings (SSSR count). The summed E-state index contributed by atoms with van der Waals surface area (Å²) < 4.78 is 19.5. The first-order chi connectivity index (χ1) is 17.0. The lowest BCUT2D eigenvalue weighted by Crippen LogP contribution is -1.99. The van der Waals surface area contributed by atoms with Crippen molar-refractivity contribution in [3.63, 3.8) is 0 Å². The third kappa shape index (κ3) is 5.53. The fourth-order valence-electron chi connectivity index (χ4n) is 3.60. The number of ether oxygens (including phenoxy) is 1. The number of pyridine rings is 2. The second kappa shape index (κ2) is 10.0. The van der Waals surface area contributed by atoms with Gasteiger partial charge in [-0.1, -0.05) is 23.9 Å². The van der Waals surface area contributed by atoms with E-state index in [1.165, 1.54) is 12.1 Å². The molecule has 2 heterocycles. The smallest absolute Gasteiger partial charge is 0.161 e. The van der Waals surface area contributed by atoms with Crippen LogP contribution in [0.15, 0.2) is 101 Å². The summed E-state index contributed by atoms with van der Waals surface area (Å²) in [4.78, 5) is 10.9. The minimum absolute atomic E-state index is 0.222. The van der Waals surface area contributed by atoms with Crippen molar-refractivity contribution < 1.29 is 14.2 Å². The van der Waals surface area contributed by atoms with E-state index in [1.54, 1.807) is 36.2 Å². The van der Waals surface area contributed by atoms with Crippen molar-refractivity contribution in [2.24, 2.45) is 0 Å². The van der Waals surface area contributed by atoms with E-state index in [0.717, 1.165) is 37.8 Å². The van der Waals surface area contributed by atoms with Gasteiger partial charge in [0.2, 0.25) is 0 Å². The maximum absolute atomic E-state index is 13.5. The molecule has 0 unspecified atom stereocenters. The monoisotopic (exact) mass is 483 g/mol. The minimum atomic E-state index is -0.289. The molecule has 7 heteroatoms. The second-order valence-corrected chi connectivity index (χ2v) is 9.10. The number of anilines is 2. The van der Waals surface area contributed by atoms with E-state index in [-0.39, 0.29) is 18.2 Å². The number of aromatic hydroxyl groups is 1. The van der Waals surface area contributed by atoms with Crippen LogP contribution in [0.25, 0.3) is 11.0 Å². The summed E-state index contributed by atoms with van der Waals surface area (Å²) in [5.74, 6) is 0.585. The number of hydrogen-bond acceptors (Lipinski definition) is 6. The van der Waals surface area contributed by atoms with E-state index in [0.29, 0.717) is 11.4 Å². The zero-order chi connectivity index (χ0) is 24.2. The number of aromatic nitrogens is 2. The Morgan fingerprint density at radius 1 is 0.943 bits per heavy atom. The largest absolute Gasteiger partial charge is 0.508 e. The highest BCUT2D eigenvalue weighted by atomic mass is 32.2. The predicted octanol–water partition coefficient (Wildman–Crippen LogP) is 7.26. The summed E-state index contributed by atoms with van der Waals surface area (Å²) in [6, 6.07) is 25.1. The van der Waals surface area contributed by atoms with Gasteiger partial charge in [0, 0.05) is 33.1 Å². The van der Waals surface area contributed by atoms with Gasteiger partial charge in [-0.05, 0) is 79.2 Å². The molecule has 0 aliphatic heterocycles. The van der Waals surface area contributed by atoms with Crippen molar-refractivity contribution in [2.75, 3.05) is 5.32 Å². The topological polar surface area (TPSA) is 67.3 Å². The zero-order valence-electron chi connectivity index (χ0n) is 18.9. The fraction of sp³-hybridized carbons (Fsp3) is 0.0714. The summed E-state index contributed by atoms with van der Waals surface area (Å²) in [6.07, 6.45) is 1.73. The van der Waals surface area contributed by atoms with Crippen molar-refractivity contribution in [2.45, 2.75) is 23.3 Å². The number of nitrogens with one attached hydrogen (secondary N) is 1. The number of nitrogens with zero attached hydrogens (tertiary/aromatic N) is 2. The van der Waals surface area contributed by atoms with E-state index in [4.69, 9.17) is 4.74 Å². The molecule has 0 radical (unpaired) electrons. The lowest BCUT2D eigenvalue weighted by atomic mass is 10.2. The molecule has 0 saturated carbocycles.